The highest BCUT2D eigenvalue weighted by molar-refractivity contribution is 5.61. The van der Waals surface area contributed by atoms with Crippen LogP contribution in [0.2, 0.25) is 0 Å². The number of aromatic nitrogens is 2. The average Bonchev–Trinajstić information content (AvgIpc) is 2.42. The molecule has 0 aliphatic carbocycles. The van der Waals surface area contributed by atoms with E-state index in [1.165, 1.54) is 0 Å². The van der Waals surface area contributed by atoms with Gasteiger partial charge in [0.2, 0.25) is 0 Å². The van der Waals surface area contributed by atoms with Crippen LogP contribution in [-0.4, -0.2) is 36.1 Å². The minimum atomic E-state index is 0.471. The van der Waals surface area contributed by atoms with Gasteiger partial charge in [0, 0.05) is 31.9 Å². The third-order valence-corrected chi connectivity index (χ3v) is 3.45. The molecule has 5 nitrogen and oxygen atoms in total. The average molecular weight is 269 g/mol. The second kappa shape index (κ2) is 5.46. The lowest BCUT2D eigenvalue weighted by molar-refractivity contribution is 0.471. The molecule has 5 heteroatoms. The number of rotatable bonds is 4. The minimum Gasteiger partial charge on any atom is -0.365 e. The Bertz CT molecular complexity index is 580. The van der Waals surface area contributed by atoms with E-state index in [1.807, 2.05) is 38.2 Å². The Morgan fingerprint density at radius 3 is 2.60 bits per heavy atom. The van der Waals surface area contributed by atoms with Crippen molar-refractivity contribution in [3.63, 3.8) is 0 Å². The first-order chi connectivity index (χ1) is 9.72. The van der Waals surface area contributed by atoms with E-state index in [0.29, 0.717) is 6.04 Å². The molecule has 1 aliphatic rings. The molecular weight excluding hydrogens is 250 g/mol. The van der Waals surface area contributed by atoms with Gasteiger partial charge in [-0.3, -0.25) is 0 Å². The second-order valence-electron chi connectivity index (χ2n) is 5.05. The summed E-state index contributed by atoms with van der Waals surface area (Å²) in [5, 5.41) is 6.67. The number of para-hydroxylation sites is 1. The Morgan fingerprint density at radius 2 is 1.95 bits per heavy atom. The standard InChI is InChI=1S/C15H19N5/c1-11-17-14(19-12-9-16-10-12)8-15(18-11)20(2)13-6-4-3-5-7-13/h3-8,12,16H,9-10H2,1-2H3,(H,17,18,19). The van der Waals surface area contributed by atoms with Crippen LogP contribution in [0.5, 0.6) is 0 Å². The molecule has 0 saturated carbocycles. The van der Waals surface area contributed by atoms with E-state index in [-0.39, 0.29) is 0 Å². The van der Waals surface area contributed by atoms with Crippen LogP contribution in [0, 0.1) is 6.92 Å². The van der Waals surface area contributed by atoms with Gasteiger partial charge < -0.3 is 15.5 Å². The van der Waals surface area contributed by atoms with Crippen LogP contribution >= 0.6 is 0 Å². The Hall–Kier alpha value is -2.14. The number of nitrogens with one attached hydrogen (secondary N) is 2. The smallest absolute Gasteiger partial charge is 0.138 e. The third kappa shape index (κ3) is 2.72. The summed E-state index contributed by atoms with van der Waals surface area (Å²) in [5.74, 6) is 2.57. The lowest BCUT2D eigenvalue weighted by Crippen LogP contribution is -2.51. The number of aryl methyl sites for hydroxylation is 1. The van der Waals surface area contributed by atoms with Crippen molar-refractivity contribution in [2.45, 2.75) is 13.0 Å². The molecule has 1 aliphatic heterocycles. The van der Waals surface area contributed by atoms with E-state index in [0.717, 1.165) is 36.2 Å². The highest BCUT2D eigenvalue weighted by Crippen LogP contribution is 2.23. The molecule has 2 heterocycles. The molecule has 0 unspecified atom stereocenters. The highest BCUT2D eigenvalue weighted by Gasteiger charge is 2.17. The van der Waals surface area contributed by atoms with Crippen LogP contribution in [0.1, 0.15) is 5.82 Å². The lowest BCUT2D eigenvalue weighted by atomic mass is 10.2. The maximum atomic E-state index is 4.52. The van der Waals surface area contributed by atoms with E-state index in [9.17, 15) is 0 Å². The highest BCUT2D eigenvalue weighted by atomic mass is 15.2. The van der Waals surface area contributed by atoms with Crippen LogP contribution in [0.4, 0.5) is 17.3 Å². The number of anilines is 3. The quantitative estimate of drug-likeness (QED) is 0.888. The van der Waals surface area contributed by atoms with Gasteiger partial charge in [0.1, 0.15) is 17.5 Å². The molecule has 20 heavy (non-hydrogen) atoms. The molecule has 0 bridgehead atoms. The van der Waals surface area contributed by atoms with Gasteiger partial charge in [-0.05, 0) is 19.1 Å². The van der Waals surface area contributed by atoms with Gasteiger partial charge in [-0.2, -0.15) is 0 Å². The fourth-order valence-electron chi connectivity index (χ4n) is 2.18. The van der Waals surface area contributed by atoms with Crippen molar-refractivity contribution in [2.24, 2.45) is 0 Å². The molecule has 1 fully saturated rings. The zero-order valence-electron chi connectivity index (χ0n) is 11.8. The summed E-state index contributed by atoms with van der Waals surface area (Å²) in [6.07, 6.45) is 0. The maximum Gasteiger partial charge on any atom is 0.138 e. The van der Waals surface area contributed by atoms with Crippen molar-refractivity contribution in [1.29, 1.82) is 0 Å². The molecule has 0 radical (unpaired) electrons. The first kappa shape index (κ1) is 12.9. The van der Waals surface area contributed by atoms with Crippen molar-refractivity contribution in [3.05, 3.63) is 42.2 Å². The Balaban J connectivity index is 1.84. The van der Waals surface area contributed by atoms with Gasteiger partial charge in [-0.15, -0.1) is 0 Å². The van der Waals surface area contributed by atoms with Crippen molar-refractivity contribution >= 4 is 17.3 Å². The summed E-state index contributed by atoms with van der Waals surface area (Å²) in [7, 11) is 2.02. The predicted octanol–water partition coefficient (Wildman–Crippen LogP) is 1.94. The summed E-state index contributed by atoms with van der Waals surface area (Å²) in [6, 6.07) is 12.7. The maximum absolute atomic E-state index is 4.52. The Labute approximate surface area is 119 Å². The van der Waals surface area contributed by atoms with E-state index in [4.69, 9.17) is 0 Å². The molecule has 1 saturated heterocycles. The molecule has 2 N–H and O–H groups in total. The van der Waals surface area contributed by atoms with E-state index in [1.54, 1.807) is 0 Å². The molecule has 1 aromatic carbocycles. The third-order valence-electron chi connectivity index (χ3n) is 3.45. The summed E-state index contributed by atoms with van der Waals surface area (Å²) >= 11 is 0. The number of benzene rings is 1. The topological polar surface area (TPSA) is 53.1 Å². The molecule has 0 spiro atoms. The summed E-state index contributed by atoms with van der Waals surface area (Å²) in [5.41, 5.74) is 1.11. The fourth-order valence-corrected chi connectivity index (χ4v) is 2.18. The van der Waals surface area contributed by atoms with Gasteiger partial charge in [0.25, 0.3) is 0 Å². The Kier molecular flexibility index (Phi) is 3.52. The summed E-state index contributed by atoms with van der Waals surface area (Å²) in [6.45, 7) is 3.91. The zero-order chi connectivity index (χ0) is 13.9. The van der Waals surface area contributed by atoms with E-state index < -0.39 is 0 Å². The van der Waals surface area contributed by atoms with Crippen molar-refractivity contribution in [2.75, 3.05) is 30.4 Å². The monoisotopic (exact) mass is 269 g/mol. The largest absolute Gasteiger partial charge is 0.365 e. The molecular formula is C15H19N5. The van der Waals surface area contributed by atoms with Gasteiger partial charge in [0.15, 0.2) is 0 Å². The van der Waals surface area contributed by atoms with Crippen LogP contribution < -0.4 is 15.5 Å². The lowest BCUT2D eigenvalue weighted by Gasteiger charge is -2.29. The summed E-state index contributed by atoms with van der Waals surface area (Å²) in [4.78, 5) is 11.0. The van der Waals surface area contributed by atoms with E-state index in [2.05, 4.69) is 37.6 Å². The number of nitrogens with zero attached hydrogens (tertiary/aromatic N) is 3. The van der Waals surface area contributed by atoms with Crippen molar-refractivity contribution in [3.8, 4) is 0 Å². The number of hydrogen-bond donors (Lipinski definition) is 2. The summed E-state index contributed by atoms with van der Waals surface area (Å²) < 4.78 is 0. The molecule has 3 rings (SSSR count). The fraction of sp³-hybridized carbons (Fsp3) is 0.333. The zero-order valence-corrected chi connectivity index (χ0v) is 11.8. The van der Waals surface area contributed by atoms with Gasteiger partial charge >= 0.3 is 0 Å². The van der Waals surface area contributed by atoms with Gasteiger partial charge in [-0.1, -0.05) is 18.2 Å². The van der Waals surface area contributed by atoms with Crippen LogP contribution in [0.3, 0.4) is 0 Å². The predicted molar refractivity (Wildman–Crippen MR) is 81.6 cm³/mol. The molecule has 2 aromatic rings. The second-order valence-corrected chi connectivity index (χ2v) is 5.05. The Morgan fingerprint density at radius 1 is 1.20 bits per heavy atom. The molecule has 0 atom stereocenters. The van der Waals surface area contributed by atoms with Gasteiger partial charge in [-0.25, -0.2) is 9.97 Å². The number of hydrogen-bond acceptors (Lipinski definition) is 5. The van der Waals surface area contributed by atoms with Gasteiger partial charge in [0.05, 0.1) is 6.04 Å². The molecule has 0 amide bonds. The molecule has 104 valence electrons. The first-order valence-electron chi connectivity index (χ1n) is 6.84. The van der Waals surface area contributed by atoms with E-state index >= 15 is 0 Å². The first-order valence-corrected chi connectivity index (χ1v) is 6.84. The van der Waals surface area contributed by atoms with Crippen molar-refractivity contribution in [1.82, 2.24) is 15.3 Å². The normalized spacial score (nSPS) is 14.7. The molecule has 1 aromatic heterocycles. The minimum absolute atomic E-state index is 0.471. The van der Waals surface area contributed by atoms with Crippen molar-refractivity contribution < 1.29 is 0 Å². The van der Waals surface area contributed by atoms with Crippen LogP contribution in [-0.2, 0) is 0 Å². The van der Waals surface area contributed by atoms with Crippen LogP contribution in [0.25, 0.3) is 0 Å². The van der Waals surface area contributed by atoms with Crippen LogP contribution in [0.15, 0.2) is 36.4 Å². The SMILES string of the molecule is Cc1nc(NC2CNC2)cc(N(C)c2ccccc2)n1.